The van der Waals surface area contributed by atoms with Crippen molar-refractivity contribution in [3.05, 3.63) is 48.3 Å². The third-order valence-electron chi connectivity index (χ3n) is 3.17. The fourth-order valence-corrected chi connectivity index (χ4v) is 7.60. The molecule has 0 aliphatic carbocycles. The van der Waals surface area contributed by atoms with Crippen molar-refractivity contribution in [1.29, 1.82) is 0 Å². The number of rotatable bonds is 2. The van der Waals surface area contributed by atoms with Crippen molar-refractivity contribution >= 4 is 66.3 Å². The first kappa shape index (κ1) is 14.4. The van der Waals surface area contributed by atoms with Gasteiger partial charge in [0.05, 0.1) is 0 Å². The Morgan fingerprint density at radius 1 is 1.30 bits per heavy atom. The van der Waals surface area contributed by atoms with Crippen LogP contribution in [0.15, 0.2) is 47.7 Å². The Morgan fingerprint density at radius 2 is 2.15 bits per heavy atom. The summed E-state index contributed by atoms with van der Waals surface area (Å²) in [5.41, 5.74) is 3.46. The van der Waals surface area contributed by atoms with Gasteiger partial charge in [-0.05, 0) is 0 Å². The van der Waals surface area contributed by atoms with Gasteiger partial charge < -0.3 is 0 Å². The van der Waals surface area contributed by atoms with Crippen molar-refractivity contribution in [2.75, 3.05) is 12.0 Å². The van der Waals surface area contributed by atoms with Crippen LogP contribution in [0.2, 0.25) is 0 Å². The molecule has 6 radical (unpaired) electrons. The quantitative estimate of drug-likeness (QED) is 0.467. The number of fused-ring (bicyclic) bond motifs is 1. The van der Waals surface area contributed by atoms with E-state index in [1.165, 1.54) is 5.56 Å². The Bertz CT molecular complexity index is 661. The van der Waals surface area contributed by atoms with E-state index in [-0.39, 0.29) is 0 Å². The molecule has 0 saturated heterocycles. The number of anilines is 1. The van der Waals surface area contributed by atoms with Crippen LogP contribution in [0.3, 0.4) is 0 Å². The van der Waals surface area contributed by atoms with E-state index in [1.807, 2.05) is 24.4 Å². The molecule has 1 atom stereocenters. The fraction of sp³-hybridized carbons (Fsp3) is 0.143. The number of ether oxygens (including phenoxy) is 1. The third kappa shape index (κ3) is 2.63. The number of aromatic nitrogens is 1. The maximum atomic E-state index is 5.29. The van der Waals surface area contributed by atoms with Crippen LogP contribution in [-0.4, -0.2) is 67.0 Å². The van der Waals surface area contributed by atoms with Crippen LogP contribution in [0, 0.1) is 0 Å². The molecule has 0 spiro atoms. The number of hydrogen-bond donors (Lipinski definition) is 0. The first-order valence-corrected chi connectivity index (χ1v) is 10.3. The maximum absolute atomic E-state index is 5.29. The molecule has 0 N–H and O–H groups in total. The monoisotopic (exact) mass is 653 g/mol. The van der Waals surface area contributed by atoms with E-state index in [9.17, 15) is 0 Å². The van der Waals surface area contributed by atoms with Gasteiger partial charge in [-0.15, -0.1) is 0 Å². The summed E-state index contributed by atoms with van der Waals surface area (Å²) >= 11 is 1.94. The Balaban J connectivity index is 2.07. The minimum atomic E-state index is 0.394. The van der Waals surface area contributed by atoms with Crippen LogP contribution >= 0.6 is 0 Å². The molecule has 1 unspecified atom stereocenters. The fourth-order valence-electron chi connectivity index (χ4n) is 2.18. The van der Waals surface area contributed by atoms with Crippen LogP contribution in [0.5, 0.6) is 5.75 Å². The van der Waals surface area contributed by atoms with Gasteiger partial charge in [0.25, 0.3) is 0 Å². The van der Waals surface area contributed by atoms with Crippen molar-refractivity contribution in [2.24, 2.45) is 4.99 Å². The summed E-state index contributed by atoms with van der Waals surface area (Å²) < 4.78 is 6.82. The van der Waals surface area contributed by atoms with Crippen LogP contribution in [0.25, 0.3) is 0 Å². The number of aliphatic imine (C=N–C) groups is 1. The SMILES string of the molecule is COc1ccc2c(c1)N=[C]([Pb])N(c1cccnc1)[CH]2[Pb]. The summed E-state index contributed by atoms with van der Waals surface area (Å²) in [6.07, 6.45) is 3.71. The van der Waals surface area contributed by atoms with Gasteiger partial charge in [-0.2, -0.15) is 0 Å². The molecular formula is C14H11N3OPb2. The summed E-state index contributed by atoms with van der Waals surface area (Å²) in [4.78, 5) is 11.3. The number of amidine groups is 1. The molecule has 0 bridgehead atoms. The van der Waals surface area contributed by atoms with E-state index in [0.717, 1.165) is 72.1 Å². The van der Waals surface area contributed by atoms with E-state index in [0.29, 0.717) is 3.60 Å². The van der Waals surface area contributed by atoms with Crippen LogP contribution < -0.4 is 9.64 Å². The molecule has 0 amide bonds. The molecular weight excluding hydrogens is 641 g/mol. The molecule has 4 nitrogen and oxygen atoms in total. The van der Waals surface area contributed by atoms with Crippen LogP contribution in [-0.2, 0) is 0 Å². The van der Waals surface area contributed by atoms with Crippen molar-refractivity contribution < 1.29 is 4.74 Å². The van der Waals surface area contributed by atoms with Gasteiger partial charge in [-0.1, -0.05) is 0 Å². The minimum absolute atomic E-state index is 0.394. The third-order valence-corrected chi connectivity index (χ3v) is 6.75. The van der Waals surface area contributed by atoms with Gasteiger partial charge in [0.1, 0.15) is 0 Å². The second-order valence-electron chi connectivity index (χ2n) is 4.34. The van der Waals surface area contributed by atoms with Crippen LogP contribution in [0.4, 0.5) is 11.4 Å². The van der Waals surface area contributed by atoms with Crippen molar-refractivity contribution in [3.63, 3.8) is 0 Å². The van der Waals surface area contributed by atoms with E-state index in [2.05, 4.69) is 22.0 Å². The molecule has 0 fully saturated rings. The summed E-state index contributed by atoms with van der Waals surface area (Å²) in [5, 5.41) is 0. The Hall–Kier alpha value is -0.516. The average Bonchev–Trinajstić information content (AvgIpc) is 2.47. The first-order chi connectivity index (χ1) is 9.70. The van der Waals surface area contributed by atoms with Gasteiger partial charge >= 0.3 is 151 Å². The molecule has 2 aromatic rings. The zero-order valence-electron chi connectivity index (χ0n) is 10.9. The van der Waals surface area contributed by atoms with E-state index in [4.69, 9.17) is 9.73 Å². The predicted molar refractivity (Wildman–Crippen MR) is 81.1 cm³/mol. The van der Waals surface area contributed by atoms with Crippen molar-refractivity contribution in [3.8, 4) is 5.75 Å². The molecule has 1 aliphatic rings. The predicted octanol–water partition coefficient (Wildman–Crippen LogP) is 1.93. The van der Waals surface area contributed by atoms with Crippen molar-refractivity contribution in [1.82, 2.24) is 4.98 Å². The van der Waals surface area contributed by atoms with Crippen molar-refractivity contribution in [2.45, 2.75) is 3.60 Å². The molecule has 1 aromatic carbocycles. The summed E-state index contributed by atoms with van der Waals surface area (Å²) in [5.74, 6) is 0.866. The summed E-state index contributed by atoms with van der Waals surface area (Å²) in [6.45, 7) is 0. The number of hydrogen-bond acceptors (Lipinski definition) is 4. The second kappa shape index (κ2) is 6.08. The van der Waals surface area contributed by atoms with Gasteiger partial charge in [-0.3, -0.25) is 0 Å². The number of nitrogens with zero attached hydrogens (tertiary/aromatic N) is 3. The Labute approximate surface area is 149 Å². The standard InChI is InChI=1S/C14H11N3O.2Pb/c1-18-13-5-4-11-9-17(10-16-14(11)7-13)12-3-2-6-15-8-12;;/h2-9H,1H3;;. The molecule has 6 heteroatoms. The van der Waals surface area contributed by atoms with Gasteiger partial charge in [0, 0.05) is 0 Å². The molecule has 96 valence electrons. The van der Waals surface area contributed by atoms with Gasteiger partial charge in [-0.25, -0.2) is 0 Å². The number of benzene rings is 1. The zero-order valence-corrected chi connectivity index (χ0v) is 18.6. The Kier molecular flexibility index (Phi) is 4.38. The molecule has 3 rings (SSSR count). The second-order valence-corrected chi connectivity index (χ2v) is 8.21. The molecule has 2 heterocycles. The summed E-state index contributed by atoms with van der Waals surface area (Å²) in [6, 6.07) is 10.2. The van der Waals surface area contributed by atoms with Gasteiger partial charge in [0.2, 0.25) is 0 Å². The topological polar surface area (TPSA) is 37.7 Å². The molecule has 1 aromatic heterocycles. The molecule has 20 heavy (non-hydrogen) atoms. The molecule has 1 aliphatic heterocycles. The van der Waals surface area contributed by atoms with E-state index in [1.54, 1.807) is 13.3 Å². The van der Waals surface area contributed by atoms with E-state index >= 15 is 0 Å². The Morgan fingerprint density at radius 3 is 2.85 bits per heavy atom. The van der Waals surface area contributed by atoms with Crippen LogP contribution in [0.1, 0.15) is 9.16 Å². The first-order valence-electron chi connectivity index (χ1n) is 6.09. The average molecular weight is 652 g/mol. The zero-order chi connectivity index (χ0) is 14.1. The van der Waals surface area contributed by atoms with Gasteiger partial charge in [0.15, 0.2) is 0 Å². The number of methoxy groups -OCH3 is 1. The van der Waals surface area contributed by atoms with E-state index < -0.39 is 0 Å². The normalized spacial score (nSPS) is 17.4. The number of pyridine rings is 1. The summed E-state index contributed by atoms with van der Waals surface area (Å²) in [7, 11) is 1.69. The molecule has 0 saturated carbocycles.